The molecule has 7 heteroatoms. The normalized spacial score (nSPS) is 22.2. The first-order chi connectivity index (χ1) is 11.1. The average Bonchev–Trinajstić information content (AvgIpc) is 3.09. The number of hydrogen-bond donors (Lipinski definition) is 2. The monoisotopic (exact) mass is 320 g/mol. The number of rotatable bonds is 6. The van der Waals surface area contributed by atoms with E-state index in [0.29, 0.717) is 25.4 Å². The summed E-state index contributed by atoms with van der Waals surface area (Å²) in [6.45, 7) is 3.81. The molecule has 1 saturated heterocycles. The van der Waals surface area contributed by atoms with Crippen LogP contribution in [0.1, 0.15) is 48.3 Å². The Labute approximate surface area is 135 Å². The van der Waals surface area contributed by atoms with Crippen LogP contribution in [0.3, 0.4) is 0 Å². The highest BCUT2D eigenvalue weighted by atomic mass is 16.5. The zero-order chi connectivity index (χ0) is 16.4. The highest BCUT2D eigenvalue weighted by Crippen LogP contribution is 2.29. The van der Waals surface area contributed by atoms with Gasteiger partial charge in [-0.1, -0.05) is 6.92 Å². The molecule has 2 unspecified atom stereocenters. The molecule has 0 radical (unpaired) electrons. The van der Waals surface area contributed by atoms with Gasteiger partial charge >= 0.3 is 0 Å². The van der Waals surface area contributed by atoms with Crippen molar-refractivity contribution >= 4 is 11.8 Å². The number of aromatic amines is 1. The van der Waals surface area contributed by atoms with Gasteiger partial charge in [-0.2, -0.15) is 5.10 Å². The lowest BCUT2D eigenvalue weighted by atomic mass is 10.1. The molecule has 1 aromatic rings. The van der Waals surface area contributed by atoms with E-state index in [2.05, 4.69) is 15.5 Å². The zero-order valence-corrected chi connectivity index (χ0v) is 13.7. The van der Waals surface area contributed by atoms with Crippen molar-refractivity contribution in [3.8, 4) is 0 Å². The minimum atomic E-state index is -0.0588. The Balaban J connectivity index is 1.55. The van der Waals surface area contributed by atoms with Gasteiger partial charge in [-0.25, -0.2) is 0 Å². The fourth-order valence-electron chi connectivity index (χ4n) is 2.93. The summed E-state index contributed by atoms with van der Waals surface area (Å²) in [5.41, 5.74) is 1.32. The van der Waals surface area contributed by atoms with Crippen LogP contribution in [0.4, 0.5) is 0 Å². The Morgan fingerprint density at radius 3 is 2.96 bits per heavy atom. The molecule has 126 valence electrons. The van der Waals surface area contributed by atoms with Crippen LogP contribution in [0.15, 0.2) is 6.07 Å². The van der Waals surface area contributed by atoms with Crippen molar-refractivity contribution in [3.05, 3.63) is 17.5 Å². The third-order valence-electron chi connectivity index (χ3n) is 4.52. The molecule has 23 heavy (non-hydrogen) atoms. The summed E-state index contributed by atoms with van der Waals surface area (Å²) in [7, 11) is 1.65. The molecule has 2 N–H and O–H groups in total. The quantitative estimate of drug-likeness (QED) is 0.815. The van der Waals surface area contributed by atoms with E-state index in [0.717, 1.165) is 25.0 Å². The van der Waals surface area contributed by atoms with E-state index >= 15 is 0 Å². The Hall–Kier alpha value is -1.89. The van der Waals surface area contributed by atoms with E-state index < -0.39 is 0 Å². The van der Waals surface area contributed by atoms with Crippen LogP contribution in [0.2, 0.25) is 0 Å². The smallest absolute Gasteiger partial charge is 0.271 e. The molecular weight excluding hydrogens is 296 g/mol. The van der Waals surface area contributed by atoms with Crippen LogP contribution in [0, 0.1) is 5.92 Å². The van der Waals surface area contributed by atoms with Gasteiger partial charge in [0, 0.05) is 38.1 Å². The maximum Gasteiger partial charge on any atom is 0.271 e. The summed E-state index contributed by atoms with van der Waals surface area (Å²) < 4.78 is 5.11. The molecule has 2 aliphatic rings. The predicted octanol–water partition coefficient (Wildman–Crippen LogP) is 0.900. The third kappa shape index (κ3) is 3.72. The first-order valence-electron chi connectivity index (χ1n) is 8.22. The fraction of sp³-hybridized carbons (Fsp3) is 0.688. The van der Waals surface area contributed by atoms with Gasteiger partial charge in [0.25, 0.3) is 5.91 Å². The maximum absolute atomic E-state index is 12.5. The minimum absolute atomic E-state index is 0.0588. The van der Waals surface area contributed by atoms with E-state index in [1.807, 2.05) is 6.92 Å². The van der Waals surface area contributed by atoms with Gasteiger partial charge in [0.05, 0.1) is 12.3 Å². The molecule has 1 aliphatic heterocycles. The summed E-state index contributed by atoms with van der Waals surface area (Å²) in [5, 5.41) is 10.1. The maximum atomic E-state index is 12.5. The highest BCUT2D eigenvalue weighted by Gasteiger charge is 2.34. The molecule has 0 aromatic carbocycles. The second kappa shape index (κ2) is 6.70. The molecule has 0 spiro atoms. The van der Waals surface area contributed by atoms with Gasteiger partial charge in [0.2, 0.25) is 5.91 Å². The van der Waals surface area contributed by atoms with Crippen LogP contribution in [0.5, 0.6) is 0 Å². The van der Waals surface area contributed by atoms with E-state index in [1.54, 1.807) is 18.1 Å². The summed E-state index contributed by atoms with van der Waals surface area (Å²) >= 11 is 0. The van der Waals surface area contributed by atoms with Crippen LogP contribution in [0.25, 0.3) is 0 Å². The summed E-state index contributed by atoms with van der Waals surface area (Å²) in [6, 6.07) is 1.86. The Morgan fingerprint density at radius 2 is 2.26 bits per heavy atom. The zero-order valence-electron chi connectivity index (χ0n) is 13.7. The Morgan fingerprint density at radius 1 is 1.48 bits per heavy atom. The van der Waals surface area contributed by atoms with Crippen molar-refractivity contribution < 1.29 is 14.3 Å². The molecule has 7 nitrogen and oxygen atoms in total. The Bertz CT molecular complexity index is 582. The molecule has 3 rings (SSSR count). The molecule has 2 heterocycles. The van der Waals surface area contributed by atoms with Crippen LogP contribution in [-0.4, -0.2) is 59.8 Å². The number of likely N-dealkylation sites (tertiary alicyclic amines) is 1. The molecule has 2 amide bonds. The Kier molecular flexibility index (Phi) is 4.66. The van der Waals surface area contributed by atoms with Crippen molar-refractivity contribution in [2.24, 2.45) is 5.92 Å². The predicted molar refractivity (Wildman–Crippen MR) is 84.1 cm³/mol. The van der Waals surface area contributed by atoms with Gasteiger partial charge in [-0.15, -0.1) is 0 Å². The number of nitrogens with one attached hydrogen (secondary N) is 2. The second-order valence-electron chi connectivity index (χ2n) is 6.58. The molecule has 2 atom stereocenters. The number of ether oxygens (including phenoxy) is 1. The van der Waals surface area contributed by atoms with Crippen LogP contribution < -0.4 is 5.32 Å². The van der Waals surface area contributed by atoms with Gasteiger partial charge in [0.1, 0.15) is 5.69 Å². The summed E-state index contributed by atoms with van der Waals surface area (Å²) in [5.74, 6) is 0.428. The second-order valence-corrected chi connectivity index (χ2v) is 6.58. The molecular formula is C16H24N4O3. The van der Waals surface area contributed by atoms with E-state index in [9.17, 15) is 9.59 Å². The van der Waals surface area contributed by atoms with Gasteiger partial charge < -0.3 is 15.0 Å². The lowest BCUT2D eigenvalue weighted by Crippen LogP contribution is -2.39. The van der Waals surface area contributed by atoms with Gasteiger partial charge in [-0.3, -0.25) is 14.7 Å². The number of methoxy groups -OCH3 is 1. The SMILES string of the molecule is COCC(C)c1cc(C(=O)N2CCC(NC(=O)C3CC3)C2)[nH]n1. The molecule has 2 fully saturated rings. The topological polar surface area (TPSA) is 87.3 Å². The van der Waals surface area contributed by atoms with E-state index in [4.69, 9.17) is 4.74 Å². The number of carbonyl (C=O) groups is 2. The molecule has 1 saturated carbocycles. The number of carbonyl (C=O) groups excluding carboxylic acids is 2. The van der Waals surface area contributed by atoms with Crippen molar-refractivity contribution in [3.63, 3.8) is 0 Å². The van der Waals surface area contributed by atoms with Crippen molar-refractivity contribution in [2.45, 2.75) is 38.1 Å². The third-order valence-corrected chi connectivity index (χ3v) is 4.52. The fourth-order valence-corrected chi connectivity index (χ4v) is 2.93. The molecule has 0 bridgehead atoms. The number of hydrogen-bond acceptors (Lipinski definition) is 4. The van der Waals surface area contributed by atoms with Crippen LogP contribution in [-0.2, 0) is 9.53 Å². The minimum Gasteiger partial charge on any atom is -0.384 e. The van der Waals surface area contributed by atoms with Crippen molar-refractivity contribution in [1.82, 2.24) is 20.4 Å². The summed E-state index contributed by atoms with van der Waals surface area (Å²) in [4.78, 5) is 26.1. The molecule has 1 aromatic heterocycles. The van der Waals surface area contributed by atoms with Crippen molar-refractivity contribution in [2.75, 3.05) is 26.8 Å². The van der Waals surface area contributed by atoms with E-state index in [1.165, 1.54) is 0 Å². The first-order valence-corrected chi connectivity index (χ1v) is 8.22. The lowest BCUT2D eigenvalue weighted by Gasteiger charge is -2.16. The highest BCUT2D eigenvalue weighted by molar-refractivity contribution is 5.92. The summed E-state index contributed by atoms with van der Waals surface area (Å²) in [6.07, 6.45) is 2.81. The molecule has 1 aliphatic carbocycles. The number of nitrogens with zero attached hydrogens (tertiary/aromatic N) is 2. The van der Waals surface area contributed by atoms with Crippen LogP contribution >= 0.6 is 0 Å². The lowest BCUT2D eigenvalue weighted by molar-refractivity contribution is -0.122. The number of aromatic nitrogens is 2. The first kappa shape index (κ1) is 16.0. The largest absolute Gasteiger partial charge is 0.384 e. The van der Waals surface area contributed by atoms with Gasteiger partial charge in [0.15, 0.2) is 0 Å². The van der Waals surface area contributed by atoms with Crippen molar-refractivity contribution in [1.29, 1.82) is 0 Å². The average molecular weight is 320 g/mol. The van der Waals surface area contributed by atoms with Gasteiger partial charge in [-0.05, 0) is 25.3 Å². The van der Waals surface area contributed by atoms with E-state index in [-0.39, 0.29) is 29.7 Å². The number of amides is 2. The standard InChI is InChI=1S/C16H24N4O3/c1-10(9-23-2)13-7-14(19-18-13)16(22)20-6-5-12(8-20)17-15(21)11-3-4-11/h7,10-12H,3-6,8-9H2,1-2H3,(H,17,21)(H,18,19). The number of H-pyrrole nitrogens is 1.